The van der Waals surface area contributed by atoms with Crippen molar-refractivity contribution in [2.45, 2.75) is 184 Å². The number of carbonyl (C=O) groups is 2. The summed E-state index contributed by atoms with van der Waals surface area (Å²) in [5.74, 6) is 1.74. The number of hydrogen-bond acceptors (Lipinski definition) is 12. The summed E-state index contributed by atoms with van der Waals surface area (Å²) in [5, 5.41) is 6.35. The van der Waals surface area contributed by atoms with Crippen LogP contribution in [0.25, 0.3) is 0 Å². The van der Waals surface area contributed by atoms with Crippen molar-refractivity contribution in [2.75, 3.05) is 37.1 Å². The molecule has 18 heteroatoms. The van der Waals surface area contributed by atoms with Gasteiger partial charge in [-0.15, -0.1) is 0 Å². The van der Waals surface area contributed by atoms with E-state index in [0.29, 0.717) is 117 Å². The molecule has 2 aliphatic heterocycles. The van der Waals surface area contributed by atoms with Crippen LogP contribution in [-0.4, -0.2) is 69.6 Å². The standard InChI is InChI=1S/C65H84N6O12.C3H8/c1-11-19-43(42(10)78-24-12-2)28-49-32-52(67-57(73)35-48-37-59(83-54(48)17-7)71-39-41(9)63(75)69-65(71)77)33-50(61(49)81-27-15-5)30-45-21-18-20-44(60(45)80-26-14-4)29-46-31-51(22-23-55(46)79-25-13-3)66-56(72)34-47-36-58(82-53(47)16-6)70-38-40(8)62(74)68-64(70)76;1-3-2/h11,18-23,31-33,38-39,47-48,53-54,58-59H,1,10,12-17,24-30,34-37H2,2-9H3,(H,66,72)(H,67,73)(H,68,74,76)(H,69,75,77);3H2,1-2H3/b43-19-;/t47-,48-,53+,54+,58+,59+;/m0./s1. The lowest BCUT2D eigenvalue weighted by atomic mass is 9.93. The monoisotopic (exact) mass is 1180 g/mol. The highest BCUT2D eigenvalue weighted by molar-refractivity contribution is 5.92. The van der Waals surface area contributed by atoms with Crippen LogP contribution in [0.5, 0.6) is 17.2 Å². The summed E-state index contributed by atoms with van der Waals surface area (Å²) in [4.78, 5) is 82.9. The van der Waals surface area contributed by atoms with E-state index in [-0.39, 0.29) is 48.7 Å². The number of aryl methyl sites for hydroxylation is 2. The largest absolute Gasteiger partial charge is 0.494 e. The molecule has 2 saturated heterocycles. The Morgan fingerprint density at radius 2 is 1.09 bits per heavy atom. The Kier molecular flexibility index (Phi) is 26.1. The summed E-state index contributed by atoms with van der Waals surface area (Å²) < 4.78 is 41.3. The van der Waals surface area contributed by atoms with Gasteiger partial charge >= 0.3 is 11.4 Å². The summed E-state index contributed by atoms with van der Waals surface area (Å²) >= 11 is 0. The van der Waals surface area contributed by atoms with Crippen LogP contribution in [0.1, 0.15) is 177 Å². The molecule has 0 bridgehead atoms. The number of para-hydroxylation sites is 1. The Morgan fingerprint density at radius 1 is 0.628 bits per heavy atom. The van der Waals surface area contributed by atoms with Gasteiger partial charge in [0.2, 0.25) is 11.8 Å². The number of allylic oxidation sites excluding steroid dienone is 3. The maximum Gasteiger partial charge on any atom is 0.330 e. The van der Waals surface area contributed by atoms with E-state index in [4.69, 9.17) is 28.4 Å². The smallest absolute Gasteiger partial charge is 0.330 e. The summed E-state index contributed by atoms with van der Waals surface area (Å²) in [6.45, 7) is 29.8. The maximum atomic E-state index is 14.3. The van der Waals surface area contributed by atoms with Crippen LogP contribution in [0.2, 0.25) is 0 Å². The van der Waals surface area contributed by atoms with Crippen molar-refractivity contribution in [1.29, 1.82) is 0 Å². The first-order chi connectivity index (χ1) is 41.4. The van der Waals surface area contributed by atoms with Gasteiger partial charge in [-0.2, -0.15) is 0 Å². The third kappa shape index (κ3) is 18.2. The molecule has 6 atom stereocenters. The number of anilines is 2. The molecule has 18 nitrogen and oxygen atoms in total. The molecular formula is C68H92N6O12. The molecule has 7 rings (SSSR count). The lowest BCUT2D eigenvalue weighted by Crippen LogP contribution is -2.33. The second-order valence-corrected chi connectivity index (χ2v) is 22.4. The zero-order valence-electron chi connectivity index (χ0n) is 52.3. The molecule has 3 aromatic carbocycles. The fourth-order valence-electron chi connectivity index (χ4n) is 11.0. The second-order valence-electron chi connectivity index (χ2n) is 22.4. The molecule has 2 amide bonds. The zero-order valence-corrected chi connectivity index (χ0v) is 52.3. The molecule has 0 saturated carbocycles. The number of aromatic amines is 2. The van der Waals surface area contributed by atoms with E-state index in [2.05, 4.69) is 61.5 Å². The fraction of sp³-hybridized carbons (Fsp3) is 0.500. The van der Waals surface area contributed by atoms with Gasteiger partial charge in [-0.25, -0.2) is 9.59 Å². The van der Waals surface area contributed by atoms with Crippen LogP contribution in [-0.2, 0) is 43.1 Å². The van der Waals surface area contributed by atoms with Crippen molar-refractivity contribution >= 4 is 23.2 Å². The van der Waals surface area contributed by atoms with Crippen LogP contribution in [0.4, 0.5) is 11.4 Å². The average molecular weight is 1190 g/mol. The normalized spacial score (nSPS) is 18.2. The van der Waals surface area contributed by atoms with Gasteiger partial charge in [-0.3, -0.25) is 38.3 Å². The number of amides is 2. The van der Waals surface area contributed by atoms with Crippen molar-refractivity contribution in [2.24, 2.45) is 11.8 Å². The number of carbonyl (C=O) groups excluding carboxylic acids is 2. The molecule has 0 radical (unpaired) electrons. The first-order valence-electron chi connectivity index (χ1n) is 30.9. The Bertz CT molecular complexity index is 3390. The topological polar surface area (TPSA) is 223 Å². The predicted molar refractivity (Wildman–Crippen MR) is 339 cm³/mol. The van der Waals surface area contributed by atoms with Gasteiger partial charge in [0, 0.05) is 83.7 Å². The molecule has 5 aromatic rings. The van der Waals surface area contributed by atoms with Gasteiger partial charge in [0.05, 0.1) is 38.6 Å². The van der Waals surface area contributed by atoms with Gasteiger partial charge in [0.25, 0.3) is 11.1 Å². The zero-order chi connectivity index (χ0) is 62.5. The molecule has 2 aliphatic rings. The molecule has 2 fully saturated rings. The minimum absolute atomic E-state index is 0.123. The van der Waals surface area contributed by atoms with E-state index < -0.39 is 35.0 Å². The van der Waals surface area contributed by atoms with E-state index >= 15 is 0 Å². The Labute approximate surface area is 506 Å². The van der Waals surface area contributed by atoms with Crippen molar-refractivity contribution in [3.05, 3.63) is 178 Å². The highest BCUT2D eigenvalue weighted by Crippen LogP contribution is 2.41. The molecule has 4 heterocycles. The minimum atomic E-state index is -0.644. The number of aromatic nitrogens is 4. The first-order valence-corrected chi connectivity index (χ1v) is 30.9. The lowest BCUT2D eigenvalue weighted by molar-refractivity contribution is -0.118. The SMILES string of the molecule is C=C/C=C(/Cc1cc(NC(=O)C[C@H]2C[C@H](n3cc(C)c(=O)[nH]c3=O)O[C@@H]2CC)cc(Cc2cccc(Cc3cc(NC(=O)C[C@H]4C[C@H](n5cc(C)c(=O)[nH]c5=O)O[C@@H]4CC)ccc3OCCC)c2OCCC)c1OCCC)C(=C)OCCC.CCC. The van der Waals surface area contributed by atoms with Crippen LogP contribution in [0, 0.1) is 25.7 Å². The highest BCUT2D eigenvalue weighted by Gasteiger charge is 2.38. The number of nitrogens with zero attached hydrogens (tertiary/aromatic N) is 2. The van der Waals surface area contributed by atoms with Gasteiger partial charge in [-0.05, 0) is 124 Å². The minimum Gasteiger partial charge on any atom is -0.494 e. The number of rotatable bonds is 30. The summed E-state index contributed by atoms with van der Waals surface area (Å²) in [6, 6.07) is 15.7. The summed E-state index contributed by atoms with van der Waals surface area (Å²) in [7, 11) is 0. The molecule has 0 aliphatic carbocycles. The quantitative estimate of drug-likeness (QED) is 0.0249. The van der Waals surface area contributed by atoms with Crippen molar-refractivity contribution in [3.8, 4) is 17.2 Å². The van der Waals surface area contributed by atoms with Crippen LogP contribution >= 0.6 is 0 Å². The van der Waals surface area contributed by atoms with Gasteiger partial charge in [0.1, 0.15) is 35.5 Å². The van der Waals surface area contributed by atoms with Gasteiger partial charge in [-0.1, -0.05) is 105 Å². The van der Waals surface area contributed by atoms with E-state index in [0.717, 1.165) is 59.1 Å². The van der Waals surface area contributed by atoms with E-state index in [9.17, 15) is 28.8 Å². The maximum absolute atomic E-state index is 14.3. The average Bonchev–Trinajstić information content (AvgIpc) is 2.49. The molecular weight excluding hydrogens is 1090 g/mol. The molecule has 0 spiro atoms. The Hall–Kier alpha value is -7.70. The summed E-state index contributed by atoms with van der Waals surface area (Å²) in [6.07, 6.45) is 12.6. The second kappa shape index (κ2) is 33.3. The predicted octanol–water partition coefficient (Wildman–Crippen LogP) is 12.2. The number of hydrogen-bond donors (Lipinski definition) is 4. The van der Waals surface area contributed by atoms with Crippen molar-refractivity contribution in [1.82, 2.24) is 19.1 Å². The van der Waals surface area contributed by atoms with E-state index in [1.807, 2.05) is 82.3 Å². The van der Waals surface area contributed by atoms with Crippen molar-refractivity contribution in [3.63, 3.8) is 0 Å². The third-order valence-electron chi connectivity index (χ3n) is 15.0. The fourth-order valence-corrected chi connectivity index (χ4v) is 11.0. The van der Waals surface area contributed by atoms with E-state index in [1.54, 1.807) is 19.9 Å². The van der Waals surface area contributed by atoms with Crippen LogP contribution in [0.15, 0.2) is 117 Å². The van der Waals surface area contributed by atoms with Gasteiger partial charge < -0.3 is 39.1 Å². The Balaban J connectivity index is 0.00000386. The molecule has 466 valence electrons. The number of nitrogens with one attached hydrogen (secondary N) is 4. The molecule has 4 N–H and O–H groups in total. The first kappa shape index (κ1) is 67.4. The lowest BCUT2D eigenvalue weighted by Gasteiger charge is -2.22. The van der Waals surface area contributed by atoms with Gasteiger partial charge in [0.15, 0.2) is 0 Å². The third-order valence-corrected chi connectivity index (χ3v) is 15.0. The number of H-pyrrole nitrogens is 2. The van der Waals surface area contributed by atoms with Crippen molar-refractivity contribution < 1.29 is 38.0 Å². The molecule has 2 aromatic heterocycles. The molecule has 0 unspecified atom stereocenters. The number of benzene rings is 3. The highest BCUT2D eigenvalue weighted by atomic mass is 16.5. The Morgan fingerprint density at radius 3 is 1.59 bits per heavy atom. The van der Waals surface area contributed by atoms with Crippen LogP contribution < -0.4 is 47.3 Å². The van der Waals surface area contributed by atoms with Crippen LogP contribution in [0.3, 0.4) is 0 Å². The van der Waals surface area contributed by atoms with E-state index in [1.165, 1.54) is 27.9 Å². The molecule has 86 heavy (non-hydrogen) atoms. The number of ether oxygens (including phenoxy) is 6. The summed E-state index contributed by atoms with van der Waals surface area (Å²) in [5.41, 5.74) is 4.97.